The van der Waals surface area contributed by atoms with E-state index >= 15 is 0 Å². The number of carboxylic acid groups (broad SMARTS) is 1. The zero-order chi connectivity index (χ0) is 15.5. The number of esters is 1. The van der Waals surface area contributed by atoms with Crippen molar-refractivity contribution in [2.24, 2.45) is 0 Å². The van der Waals surface area contributed by atoms with Gasteiger partial charge in [0.2, 0.25) is 10.0 Å². The van der Waals surface area contributed by atoms with Crippen LogP contribution in [0.2, 0.25) is 0 Å². The molecule has 0 aliphatic carbocycles. The predicted molar refractivity (Wildman–Crippen MR) is 70.1 cm³/mol. The van der Waals surface area contributed by atoms with E-state index in [1.165, 1.54) is 6.07 Å². The van der Waals surface area contributed by atoms with Gasteiger partial charge in [-0.25, -0.2) is 13.2 Å². The minimum absolute atomic E-state index is 0.133. The smallest absolute Gasteiger partial charge is 0.335 e. The van der Waals surface area contributed by atoms with E-state index in [0.29, 0.717) is 11.1 Å². The third kappa shape index (κ3) is 3.55. The van der Waals surface area contributed by atoms with E-state index in [0.717, 1.165) is 13.2 Å². The van der Waals surface area contributed by atoms with Crippen molar-refractivity contribution in [1.29, 1.82) is 0 Å². The van der Waals surface area contributed by atoms with Crippen LogP contribution in [0.4, 0.5) is 0 Å². The Morgan fingerprint density at radius 1 is 1.30 bits per heavy atom. The van der Waals surface area contributed by atoms with Gasteiger partial charge in [-0.1, -0.05) is 0 Å². The second-order valence-electron chi connectivity index (χ2n) is 4.12. The average molecular weight is 301 g/mol. The second kappa shape index (κ2) is 6.02. The van der Waals surface area contributed by atoms with Crippen molar-refractivity contribution >= 4 is 22.0 Å². The van der Waals surface area contributed by atoms with Crippen molar-refractivity contribution in [3.8, 4) is 0 Å². The van der Waals surface area contributed by atoms with Crippen LogP contribution < -0.4 is 4.72 Å². The minimum Gasteiger partial charge on any atom is -0.478 e. The fourth-order valence-electron chi connectivity index (χ4n) is 1.53. The Hall–Kier alpha value is -1.93. The van der Waals surface area contributed by atoms with Crippen molar-refractivity contribution in [2.75, 3.05) is 13.7 Å². The largest absolute Gasteiger partial charge is 0.478 e. The van der Waals surface area contributed by atoms with E-state index < -0.39 is 28.5 Å². The van der Waals surface area contributed by atoms with E-state index in [2.05, 4.69) is 9.46 Å². The van der Waals surface area contributed by atoms with Gasteiger partial charge in [-0.15, -0.1) is 0 Å². The maximum atomic E-state index is 12.1. The first kappa shape index (κ1) is 16.1. The zero-order valence-corrected chi connectivity index (χ0v) is 12.1. The molecule has 0 unspecified atom stereocenters. The molecule has 8 heteroatoms. The van der Waals surface area contributed by atoms with Gasteiger partial charge < -0.3 is 9.84 Å². The summed E-state index contributed by atoms with van der Waals surface area (Å²) >= 11 is 0. The number of methoxy groups -OCH3 is 1. The van der Waals surface area contributed by atoms with Crippen LogP contribution in [-0.4, -0.2) is 39.1 Å². The molecule has 0 spiro atoms. The van der Waals surface area contributed by atoms with Crippen molar-refractivity contribution < 1.29 is 27.9 Å². The summed E-state index contributed by atoms with van der Waals surface area (Å²) in [6, 6.07) is 2.45. The molecule has 20 heavy (non-hydrogen) atoms. The lowest BCUT2D eigenvalue weighted by Crippen LogP contribution is -2.31. The van der Waals surface area contributed by atoms with Gasteiger partial charge in [-0.3, -0.25) is 4.79 Å². The van der Waals surface area contributed by atoms with Crippen molar-refractivity contribution in [3.05, 3.63) is 28.8 Å². The molecule has 0 saturated carbocycles. The van der Waals surface area contributed by atoms with Crippen LogP contribution in [0.3, 0.4) is 0 Å². The van der Waals surface area contributed by atoms with Crippen LogP contribution in [0.5, 0.6) is 0 Å². The summed E-state index contributed by atoms with van der Waals surface area (Å²) in [5.74, 6) is -1.96. The number of hydrogen-bond acceptors (Lipinski definition) is 5. The van der Waals surface area contributed by atoms with Gasteiger partial charge in [0.15, 0.2) is 0 Å². The van der Waals surface area contributed by atoms with E-state index in [1.54, 1.807) is 13.8 Å². The van der Waals surface area contributed by atoms with E-state index in [9.17, 15) is 18.0 Å². The maximum Gasteiger partial charge on any atom is 0.335 e. The maximum absolute atomic E-state index is 12.1. The van der Waals surface area contributed by atoms with Gasteiger partial charge >= 0.3 is 11.9 Å². The molecule has 1 aromatic rings. The molecule has 0 saturated heterocycles. The van der Waals surface area contributed by atoms with Crippen molar-refractivity contribution in [2.45, 2.75) is 18.7 Å². The van der Waals surface area contributed by atoms with Gasteiger partial charge in [0, 0.05) is 0 Å². The number of aromatic carboxylic acids is 1. The van der Waals surface area contributed by atoms with Gasteiger partial charge in [0.1, 0.15) is 6.54 Å². The molecular weight excluding hydrogens is 286 g/mol. The lowest BCUT2D eigenvalue weighted by Gasteiger charge is -2.11. The lowest BCUT2D eigenvalue weighted by atomic mass is 10.1. The van der Waals surface area contributed by atoms with Gasteiger partial charge in [0.25, 0.3) is 0 Å². The van der Waals surface area contributed by atoms with Gasteiger partial charge in [-0.05, 0) is 37.1 Å². The highest BCUT2D eigenvalue weighted by Crippen LogP contribution is 2.21. The Balaban J connectivity index is 3.23. The Labute approximate surface area is 116 Å². The highest BCUT2D eigenvalue weighted by molar-refractivity contribution is 7.89. The second-order valence-corrected chi connectivity index (χ2v) is 5.86. The molecule has 0 aromatic heterocycles. The van der Waals surface area contributed by atoms with Crippen LogP contribution in [-0.2, 0) is 19.6 Å². The van der Waals surface area contributed by atoms with Crippen LogP contribution in [0.15, 0.2) is 17.0 Å². The van der Waals surface area contributed by atoms with E-state index in [-0.39, 0.29) is 10.5 Å². The summed E-state index contributed by atoms with van der Waals surface area (Å²) in [7, 11) is -2.85. The normalized spacial score (nSPS) is 11.2. The summed E-state index contributed by atoms with van der Waals surface area (Å²) in [5.41, 5.74) is 0.822. The number of sulfonamides is 1. The fourth-order valence-corrected chi connectivity index (χ4v) is 2.84. The molecule has 1 rings (SSSR count). The van der Waals surface area contributed by atoms with Crippen LogP contribution in [0.25, 0.3) is 0 Å². The van der Waals surface area contributed by atoms with E-state index in [1.807, 2.05) is 0 Å². The molecular formula is C12H15NO6S. The number of nitrogens with one attached hydrogen (secondary N) is 1. The third-order valence-electron chi connectivity index (χ3n) is 2.79. The predicted octanol–water partition coefficient (Wildman–Crippen LogP) is 0.453. The SMILES string of the molecule is COC(=O)CNS(=O)(=O)c1cc(C(=O)O)cc(C)c1C. The highest BCUT2D eigenvalue weighted by Gasteiger charge is 2.21. The van der Waals surface area contributed by atoms with Gasteiger partial charge in [0.05, 0.1) is 17.6 Å². The van der Waals surface area contributed by atoms with Crippen LogP contribution >= 0.6 is 0 Å². The summed E-state index contributed by atoms with van der Waals surface area (Å²) < 4.78 is 30.6. The monoisotopic (exact) mass is 301 g/mol. The summed E-state index contributed by atoms with van der Waals surface area (Å²) in [5, 5.41) is 8.96. The lowest BCUT2D eigenvalue weighted by molar-refractivity contribution is -0.139. The molecule has 0 atom stereocenters. The Bertz CT molecular complexity index is 650. The summed E-state index contributed by atoms with van der Waals surface area (Å²) in [6.45, 7) is 2.66. The summed E-state index contributed by atoms with van der Waals surface area (Å²) in [4.78, 5) is 21.8. The quantitative estimate of drug-likeness (QED) is 0.764. The van der Waals surface area contributed by atoms with Crippen LogP contribution in [0, 0.1) is 13.8 Å². The third-order valence-corrected chi connectivity index (χ3v) is 4.32. The number of hydrogen-bond donors (Lipinski definition) is 2. The zero-order valence-electron chi connectivity index (χ0n) is 11.3. The number of carbonyl (C=O) groups is 2. The molecule has 1 aromatic carbocycles. The molecule has 110 valence electrons. The molecule has 0 radical (unpaired) electrons. The standard InChI is InChI=1S/C12H15NO6S/c1-7-4-9(12(15)16)5-10(8(7)2)20(17,18)13-6-11(14)19-3/h4-5,13H,6H2,1-3H3,(H,15,16). The Morgan fingerprint density at radius 2 is 1.90 bits per heavy atom. The topological polar surface area (TPSA) is 110 Å². The number of carbonyl (C=O) groups excluding carboxylic acids is 1. The first-order valence-corrected chi connectivity index (χ1v) is 7.08. The first-order valence-electron chi connectivity index (χ1n) is 5.60. The number of rotatable bonds is 5. The molecule has 2 N–H and O–H groups in total. The number of benzene rings is 1. The molecule has 0 aliphatic heterocycles. The fraction of sp³-hybridized carbons (Fsp3) is 0.333. The number of carboxylic acids is 1. The molecule has 0 bridgehead atoms. The molecule has 0 amide bonds. The molecule has 0 fully saturated rings. The number of aryl methyl sites for hydroxylation is 1. The van der Waals surface area contributed by atoms with Crippen molar-refractivity contribution in [3.63, 3.8) is 0 Å². The summed E-state index contributed by atoms with van der Waals surface area (Å²) in [6.07, 6.45) is 0. The van der Waals surface area contributed by atoms with Crippen molar-refractivity contribution in [1.82, 2.24) is 4.72 Å². The number of ether oxygens (including phenoxy) is 1. The Morgan fingerprint density at radius 3 is 2.40 bits per heavy atom. The molecule has 0 heterocycles. The molecule has 7 nitrogen and oxygen atoms in total. The molecule has 0 aliphatic rings. The van der Waals surface area contributed by atoms with Crippen LogP contribution in [0.1, 0.15) is 21.5 Å². The average Bonchev–Trinajstić information content (AvgIpc) is 2.38. The minimum atomic E-state index is -3.99. The Kier molecular flexibility index (Phi) is 4.85. The van der Waals surface area contributed by atoms with Gasteiger partial charge in [-0.2, -0.15) is 4.72 Å². The first-order chi connectivity index (χ1) is 9.19. The van der Waals surface area contributed by atoms with E-state index in [4.69, 9.17) is 5.11 Å². The highest BCUT2D eigenvalue weighted by atomic mass is 32.2.